The fourth-order valence-electron chi connectivity index (χ4n) is 3.94. The monoisotopic (exact) mass is 337 g/mol. The van der Waals surface area contributed by atoms with Crippen LogP contribution >= 0.6 is 0 Å². The molecule has 2 heterocycles. The number of benzene rings is 1. The lowest BCUT2D eigenvalue weighted by Crippen LogP contribution is -2.47. The number of aromatic nitrogens is 1. The van der Waals surface area contributed by atoms with Gasteiger partial charge in [0.1, 0.15) is 0 Å². The van der Waals surface area contributed by atoms with E-state index in [-0.39, 0.29) is 6.04 Å². The summed E-state index contributed by atoms with van der Waals surface area (Å²) in [5, 5.41) is 1.18. The van der Waals surface area contributed by atoms with Crippen molar-refractivity contribution >= 4 is 22.5 Å². The summed E-state index contributed by atoms with van der Waals surface area (Å²) in [6, 6.07) is 10.7. The lowest BCUT2D eigenvalue weighted by Gasteiger charge is -2.35. The number of hydrogen-bond donors (Lipinski definition) is 0. The summed E-state index contributed by atoms with van der Waals surface area (Å²) >= 11 is 0. The van der Waals surface area contributed by atoms with E-state index < -0.39 is 0 Å². The summed E-state index contributed by atoms with van der Waals surface area (Å²) in [7, 11) is 0. The first-order chi connectivity index (χ1) is 12.1. The third kappa shape index (κ3) is 3.35. The molecule has 1 saturated heterocycles. The van der Waals surface area contributed by atoms with E-state index >= 15 is 0 Å². The molecule has 1 amide bonds. The van der Waals surface area contributed by atoms with Crippen LogP contribution in [-0.4, -0.2) is 41.5 Å². The highest BCUT2D eigenvalue weighted by Gasteiger charge is 2.35. The normalized spacial score (nSPS) is 21.9. The molecule has 0 unspecified atom stereocenters. The van der Waals surface area contributed by atoms with E-state index in [9.17, 15) is 4.79 Å². The molecule has 4 heteroatoms. The van der Waals surface area contributed by atoms with Crippen LogP contribution in [0.25, 0.3) is 10.9 Å². The summed E-state index contributed by atoms with van der Waals surface area (Å²) in [4.78, 5) is 21.9. The van der Waals surface area contributed by atoms with Crippen molar-refractivity contribution in [1.82, 2.24) is 9.88 Å². The molecule has 2 aromatic rings. The maximum absolute atomic E-state index is 12.8. The number of carbonyl (C=O) groups is 1. The predicted octanol–water partition coefficient (Wildman–Crippen LogP) is 3.71. The Bertz CT molecular complexity index is 763. The lowest BCUT2D eigenvalue weighted by molar-refractivity contribution is -0.133. The highest BCUT2D eigenvalue weighted by molar-refractivity contribution is 5.92. The first-order valence-corrected chi connectivity index (χ1v) is 9.51. The minimum absolute atomic E-state index is 0.280. The molecule has 0 radical (unpaired) electrons. The maximum atomic E-state index is 12.8. The molecule has 2 aliphatic rings. The van der Waals surface area contributed by atoms with E-state index in [0.717, 1.165) is 31.1 Å². The molecule has 2 fully saturated rings. The fraction of sp³-hybridized carbons (Fsp3) is 0.524. The van der Waals surface area contributed by atoms with Gasteiger partial charge in [0, 0.05) is 43.3 Å². The second-order valence-corrected chi connectivity index (χ2v) is 7.84. The lowest BCUT2D eigenvalue weighted by atomic mass is 10.0. The standard InChI is InChI=1S/C21H27N3O/c1-15(2)20-14-23(12-10-21(25)24(20)13-16-7-8-16)19-9-11-22-18-6-4-3-5-17(18)19/h3-6,9,11,15-16,20H,7-8,10,12-14H2,1-2H3/t20-/m0/s1. The van der Waals surface area contributed by atoms with E-state index in [4.69, 9.17) is 0 Å². The minimum Gasteiger partial charge on any atom is -0.368 e. The van der Waals surface area contributed by atoms with E-state index in [1.807, 2.05) is 12.3 Å². The van der Waals surface area contributed by atoms with Crippen LogP contribution in [0.15, 0.2) is 36.5 Å². The molecule has 25 heavy (non-hydrogen) atoms. The Labute approximate surface area is 149 Å². The summed E-state index contributed by atoms with van der Waals surface area (Å²) < 4.78 is 0. The molecule has 1 saturated carbocycles. The zero-order valence-electron chi connectivity index (χ0n) is 15.2. The number of nitrogens with zero attached hydrogens (tertiary/aromatic N) is 3. The van der Waals surface area contributed by atoms with E-state index in [0.29, 0.717) is 18.2 Å². The summed E-state index contributed by atoms with van der Waals surface area (Å²) in [6.07, 6.45) is 5.06. The van der Waals surface area contributed by atoms with Gasteiger partial charge in [-0.3, -0.25) is 9.78 Å². The van der Waals surface area contributed by atoms with Gasteiger partial charge in [-0.25, -0.2) is 0 Å². The second kappa shape index (κ2) is 6.66. The molecule has 0 N–H and O–H groups in total. The van der Waals surface area contributed by atoms with Gasteiger partial charge < -0.3 is 9.80 Å². The maximum Gasteiger partial charge on any atom is 0.224 e. The largest absolute Gasteiger partial charge is 0.368 e. The van der Waals surface area contributed by atoms with Crippen molar-refractivity contribution in [1.29, 1.82) is 0 Å². The molecule has 132 valence electrons. The summed E-state index contributed by atoms with van der Waals surface area (Å²) in [6.45, 7) is 7.13. The Kier molecular flexibility index (Phi) is 4.36. The Morgan fingerprint density at radius 3 is 2.76 bits per heavy atom. The van der Waals surface area contributed by atoms with Crippen molar-refractivity contribution in [3.63, 3.8) is 0 Å². The molecule has 0 spiro atoms. The minimum atomic E-state index is 0.280. The van der Waals surface area contributed by atoms with Crippen LogP contribution < -0.4 is 4.90 Å². The molecule has 1 aliphatic carbocycles. The van der Waals surface area contributed by atoms with Crippen molar-refractivity contribution in [2.75, 3.05) is 24.5 Å². The zero-order chi connectivity index (χ0) is 17.4. The van der Waals surface area contributed by atoms with E-state index in [1.54, 1.807) is 0 Å². The average molecular weight is 337 g/mol. The Balaban J connectivity index is 1.67. The van der Waals surface area contributed by atoms with Gasteiger partial charge in [0.25, 0.3) is 0 Å². The number of anilines is 1. The number of carbonyl (C=O) groups excluding carboxylic acids is 1. The van der Waals surface area contributed by atoms with Gasteiger partial charge in [-0.2, -0.15) is 0 Å². The van der Waals surface area contributed by atoms with Crippen molar-refractivity contribution < 1.29 is 4.79 Å². The third-order valence-electron chi connectivity index (χ3n) is 5.61. The molecule has 4 rings (SSSR count). The van der Waals surface area contributed by atoms with Gasteiger partial charge in [-0.1, -0.05) is 32.0 Å². The number of pyridine rings is 1. The van der Waals surface area contributed by atoms with E-state index in [2.05, 4.69) is 52.9 Å². The van der Waals surface area contributed by atoms with Crippen molar-refractivity contribution in [2.24, 2.45) is 11.8 Å². The fourth-order valence-corrected chi connectivity index (χ4v) is 3.94. The number of amides is 1. The van der Waals surface area contributed by atoms with E-state index in [1.165, 1.54) is 23.9 Å². The van der Waals surface area contributed by atoms with Crippen molar-refractivity contribution in [2.45, 2.75) is 39.2 Å². The average Bonchev–Trinajstić information content (AvgIpc) is 3.44. The predicted molar refractivity (Wildman–Crippen MR) is 102 cm³/mol. The summed E-state index contributed by atoms with van der Waals surface area (Å²) in [5.74, 6) is 1.52. The molecule has 1 aromatic heterocycles. The van der Waals surface area contributed by atoms with Crippen molar-refractivity contribution in [3.8, 4) is 0 Å². The number of para-hydroxylation sites is 1. The third-order valence-corrected chi connectivity index (χ3v) is 5.61. The van der Waals surface area contributed by atoms with Gasteiger partial charge in [0.05, 0.1) is 11.6 Å². The van der Waals surface area contributed by atoms with Crippen LogP contribution in [0.2, 0.25) is 0 Å². The molecule has 0 bridgehead atoms. The van der Waals surface area contributed by atoms with Crippen LogP contribution in [0.4, 0.5) is 5.69 Å². The van der Waals surface area contributed by atoms with Gasteiger partial charge in [0.15, 0.2) is 0 Å². The first kappa shape index (κ1) is 16.4. The number of fused-ring (bicyclic) bond motifs is 1. The second-order valence-electron chi connectivity index (χ2n) is 7.84. The highest BCUT2D eigenvalue weighted by Crippen LogP contribution is 2.33. The number of rotatable bonds is 4. The quantitative estimate of drug-likeness (QED) is 0.853. The van der Waals surface area contributed by atoms with Crippen molar-refractivity contribution in [3.05, 3.63) is 36.5 Å². The Morgan fingerprint density at radius 1 is 1.20 bits per heavy atom. The van der Waals surface area contributed by atoms with Crippen LogP contribution in [0, 0.1) is 11.8 Å². The topological polar surface area (TPSA) is 36.4 Å². The van der Waals surface area contributed by atoms with Crippen LogP contribution in [0.3, 0.4) is 0 Å². The molecule has 1 atom stereocenters. The Hall–Kier alpha value is -2.10. The molecule has 4 nitrogen and oxygen atoms in total. The zero-order valence-corrected chi connectivity index (χ0v) is 15.2. The van der Waals surface area contributed by atoms with Crippen LogP contribution in [0.5, 0.6) is 0 Å². The smallest absolute Gasteiger partial charge is 0.224 e. The van der Waals surface area contributed by atoms with Gasteiger partial charge in [-0.05, 0) is 36.8 Å². The molecular weight excluding hydrogens is 310 g/mol. The highest BCUT2D eigenvalue weighted by atomic mass is 16.2. The Morgan fingerprint density at radius 2 is 2.00 bits per heavy atom. The van der Waals surface area contributed by atoms with Crippen LogP contribution in [0.1, 0.15) is 33.1 Å². The van der Waals surface area contributed by atoms with Crippen LogP contribution in [-0.2, 0) is 4.79 Å². The van der Waals surface area contributed by atoms with Gasteiger partial charge >= 0.3 is 0 Å². The van der Waals surface area contributed by atoms with Gasteiger partial charge in [0.2, 0.25) is 5.91 Å². The first-order valence-electron chi connectivity index (χ1n) is 9.51. The van der Waals surface area contributed by atoms with Gasteiger partial charge in [-0.15, -0.1) is 0 Å². The number of hydrogen-bond acceptors (Lipinski definition) is 3. The summed E-state index contributed by atoms with van der Waals surface area (Å²) in [5.41, 5.74) is 2.23. The molecule has 1 aromatic carbocycles. The molecular formula is C21H27N3O. The molecule has 1 aliphatic heterocycles. The SMILES string of the molecule is CC(C)[C@@H]1CN(c2ccnc3ccccc23)CCC(=O)N1CC1CC1.